The van der Waals surface area contributed by atoms with E-state index in [4.69, 9.17) is 15.6 Å². The van der Waals surface area contributed by atoms with Crippen molar-refractivity contribution in [2.75, 3.05) is 5.73 Å². The van der Waals surface area contributed by atoms with Crippen molar-refractivity contribution in [2.45, 2.75) is 59.0 Å². The number of anilines is 1. The van der Waals surface area contributed by atoms with E-state index in [9.17, 15) is 9.59 Å². The number of rotatable bonds is 5. The Labute approximate surface area is 147 Å². The summed E-state index contributed by atoms with van der Waals surface area (Å²) >= 11 is 0. The Hall–Kier alpha value is -2.30. The van der Waals surface area contributed by atoms with E-state index < -0.39 is 5.97 Å². The van der Waals surface area contributed by atoms with Crippen LogP contribution in [0.25, 0.3) is 0 Å². The third-order valence-electron chi connectivity index (χ3n) is 5.60. The molecule has 1 aromatic carbocycles. The van der Waals surface area contributed by atoms with Crippen LogP contribution < -0.4 is 5.73 Å². The number of hydrogen-bond donors (Lipinski definition) is 2. The monoisotopic (exact) mass is 343 g/mol. The van der Waals surface area contributed by atoms with Gasteiger partial charge in [0.1, 0.15) is 6.61 Å². The van der Waals surface area contributed by atoms with Crippen LogP contribution in [0.5, 0.6) is 0 Å². The van der Waals surface area contributed by atoms with E-state index in [2.05, 4.69) is 13.0 Å². The van der Waals surface area contributed by atoms with Gasteiger partial charge in [0.25, 0.3) is 0 Å². The zero-order chi connectivity index (χ0) is 18.1. The second-order valence-corrected chi connectivity index (χ2v) is 6.95. The maximum atomic E-state index is 12.0. The molecule has 5 heteroatoms. The zero-order valence-electron chi connectivity index (χ0n) is 14.9. The molecule has 134 valence electrons. The van der Waals surface area contributed by atoms with E-state index in [-0.39, 0.29) is 18.3 Å². The Bertz CT molecular complexity index is 764. The van der Waals surface area contributed by atoms with E-state index >= 15 is 0 Å². The van der Waals surface area contributed by atoms with Crippen molar-refractivity contribution in [1.29, 1.82) is 0 Å². The molecule has 0 aromatic heterocycles. The minimum atomic E-state index is -0.748. The van der Waals surface area contributed by atoms with Gasteiger partial charge in [-0.2, -0.15) is 0 Å². The molecule has 3 N–H and O–H groups in total. The van der Waals surface area contributed by atoms with Gasteiger partial charge in [-0.05, 0) is 61.6 Å². The highest BCUT2D eigenvalue weighted by Gasteiger charge is 2.30. The highest BCUT2D eigenvalue weighted by Crippen LogP contribution is 2.37. The van der Waals surface area contributed by atoms with Crippen molar-refractivity contribution in [3.63, 3.8) is 0 Å². The Morgan fingerprint density at radius 1 is 1.40 bits per heavy atom. The molecule has 1 aliphatic carbocycles. The molecular formula is C20H25NO4. The van der Waals surface area contributed by atoms with Crippen LogP contribution in [0.15, 0.2) is 11.6 Å². The Morgan fingerprint density at radius 2 is 2.16 bits per heavy atom. The lowest BCUT2D eigenvalue weighted by atomic mass is 9.87. The van der Waals surface area contributed by atoms with E-state index in [0.717, 1.165) is 42.4 Å². The van der Waals surface area contributed by atoms with E-state index in [0.29, 0.717) is 24.3 Å². The quantitative estimate of drug-likeness (QED) is 0.485. The lowest BCUT2D eigenvalue weighted by molar-refractivity contribution is -0.137. The van der Waals surface area contributed by atoms with Gasteiger partial charge in [-0.1, -0.05) is 18.6 Å². The topological polar surface area (TPSA) is 89.6 Å². The van der Waals surface area contributed by atoms with Crippen molar-refractivity contribution < 1.29 is 19.4 Å². The summed E-state index contributed by atoms with van der Waals surface area (Å²) in [6, 6.07) is 0. The lowest BCUT2D eigenvalue weighted by Crippen LogP contribution is -2.10. The molecule has 1 heterocycles. The molecule has 2 aliphatic rings. The molecule has 1 atom stereocenters. The van der Waals surface area contributed by atoms with Crippen molar-refractivity contribution in [3.05, 3.63) is 39.5 Å². The molecule has 0 spiro atoms. The fourth-order valence-electron chi connectivity index (χ4n) is 4.30. The first-order chi connectivity index (χ1) is 11.9. The smallest absolute Gasteiger partial charge is 0.341 e. The average molecular weight is 343 g/mol. The summed E-state index contributed by atoms with van der Waals surface area (Å²) in [5.74, 6) is -0.955. The van der Waals surface area contributed by atoms with Crippen LogP contribution in [-0.2, 0) is 29.0 Å². The summed E-state index contributed by atoms with van der Waals surface area (Å²) in [4.78, 5) is 23.1. The van der Waals surface area contributed by atoms with Crippen LogP contribution in [0.4, 0.5) is 5.69 Å². The van der Waals surface area contributed by atoms with Crippen molar-refractivity contribution in [2.24, 2.45) is 5.92 Å². The molecule has 1 aromatic rings. The van der Waals surface area contributed by atoms with E-state index in [1.807, 2.05) is 6.92 Å². The summed E-state index contributed by atoms with van der Waals surface area (Å²) in [5, 5.41) is 9.08. The molecule has 5 nitrogen and oxygen atoms in total. The average Bonchev–Trinajstić information content (AvgIpc) is 3.15. The third-order valence-corrected chi connectivity index (χ3v) is 5.60. The molecule has 0 bridgehead atoms. The van der Waals surface area contributed by atoms with Crippen LogP contribution >= 0.6 is 0 Å². The van der Waals surface area contributed by atoms with Crippen molar-refractivity contribution in [1.82, 2.24) is 0 Å². The SMILES string of the molecule is CCc1c(C)c2c(c(N)c1CC=C1CCCC1CC(=O)O)C(=O)OC2. The number of benzene rings is 1. The number of carboxylic acids is 1. The molecule has 1 unspecified atom stereocenters. The number of aliphatic carboxylic acids is 1. The fraction of sp³-hybridized carbons (Fsp3) is 0.500. The van der Waals surface area contributed by atoms with Crippen LogP contribution in [0, 0.1) is 12.8 Å². The van der Waals surface area contributed by atoms with Crippen LogP contribution in [-0.4, -0.2) is 17.0 Å². The Kier molecular flexibility index (Phi) is 4.84. The summed E-state index contributed by atoms with van der Waals surface area (Å²) in [7, 11) is 0. The largest absolute Gasteiger partial charge is 0.481 e. The van der Waals surface area contributed by atoms with E-state index in [1.165, 1.54) is 11.1 Å². The minimum absolute atomic E-state index is 0.129. The van der Waals surface area contributed by atoms with Gasteiger partial charge in [0, 0.05) is 5.56 Å². The van der Waals surface area contributed by atoms with Gasteiger partial charge in [-0.3, -0.25) is 4.79 Å². The molecule has 1 aliphatic heterocycles. The second-order valence-electron chi connectivity index (χ2n) is 6.95. The van der Waals surface area contributed by atoms with Gasteiger partial charge >= 0.3 is 11.9 Å². The third kappa shape index (κ3) is 3.15. The molecule has 0 saturated heterocycles. The van der Waals surface area contributed by atoms with Gasteiger partial charge in [0.2, 0.25) is 0 Å². The number of carboxylic acid groups (broad SMARTS) is 1. The number of fused-ring (bicyclic) bond motifs is 1. The minimum Gasteiger partial charge on any atom is -0.481 e. The first-order valence-corrected chi connectivity index (χ1v) is 8.94. The number of carbonyl (C=O) groups is 2. The molecule has 1 saturated carbocycles. The van der Waals surface area contributed by atoms with Crippen molar-refractivity contribution >= 4 is 17.6 Å². The predicted octanol–water partition coefficient (Wildman–Crippen LogP) is 3.55. The maximum absolute atomic E-state index is 12.0. The number of carbonyl (C=O) groups excluding carboxylic acids is 1. The van der Waals surface area contributed by atoms with Crippen molar-refractivity contribution in [3.8, 4) is 0 Å². The summed E-state index contributed by atoms with van der Waals surface area (Å²) in [6.45, 7) is 4.42. The molecular weight excluding hydrogens is 318 g/mol. The summed E-state index contributed by atoms with van der Waals surface area (Å²) in [5.41, 5.74) is 12.8. The first kappa shape index (κ1) is 17.5. The Morgan fingerprint density at radius 3 is 2.84 bits per heavy atom. The second kappa shape index (κ2) is 6.90. The van der Waals surface area contributed by atoms with Gasteiger partial charge < -0.3 is 15.6 Å². The Balaban J connectivity index is 1.96. The highest BCUT2D eigenvalue weighted by molar-refractivity contribution is 6.00. The number of ether oxygens (including phenoxy) is 1. The number of nitrogen functional groups attached to an aromatic ring is 1. The van der Waals surface area contributed by atoms with Crippen LogP contribution in [0.3, 0.4) is 0 Å². The normalized spacial score (nSPS) is 20.8. The lowest BCUT2D eigenvalue weighted by Gasteiger charge is -2.17. The number of nitrogens with two attached hydrogens (primary N) is 1. The summed E-state index contributed by atoms with van der Waals surface area (Å²) in [6.07, 6.45) is 6.73. The predicted molar refractivity (Wildman–Crippen MR) is 95.5 cm³/mol. The van der Waals surface area contributed by atoms with Gasteiger partial charge in [0.05, 0.1) is 17.7 Å². The molecule has 3 rings (SSSR count). The van der Waals surface area contributed by atoms with Gasteiger partial charge in [-0.25, -0.2) is 4.79 Å². The number of esters is 1. The van der Waals surface area contributed by atoms with Crippen LogP contribution in [0.2, 0.25) is 0 Å². The zero-order valence-corrected chi connectivity index (χ0v) is 14.9. The first-order valence-electron chi connectivity index (χ1n) is 8.94. The van der Waals surface area contributed by atoms with E-state index in [1.54, 1.807) is 0 Å². The maximum Gasteiger partial charge on any atom is 0.341 e. The molecule has 25 heavy (non-hydrogen) atoms. The van der Waals surface area contributed by atoms with Crippen LogP contribution in [0.1, 0.15) is 65.2 Å². The summed E-state index contributed by atoms with van der Waals surface area (Å²) < 4.78 is 5.18. The van der Waals surface area contributed by atoms with Gasteiger partial charge in [-0.15, -0.1) is 0 Å². The number of cyclic esters (lactones) is 1. The molecule has 0 amide bonds. The number of hydrogen-bond acceptors (Lipinski definition) is 4. The fourth-order valence-corrected chi connectivity index (χ4v) is 4.30. The van der Waals surface area contributed by atoms with Gasteiger partial charge in [0.15, 0.2) is 0 Å². The number of allylic oxidation sites excluding steroid dienone is 2. The highest BCUT2D eigenvalue weighted by atomic mass is 16.5. The molecule has 0 radical (unpaired) electrons. The molecule has 1 fully saturated rings. The standard InChI is InChI=1S/C20H25NO4/c1-3-14-11(2)16-10-25-20(24)18(16)19(21)15(14)8-7-12-5-4-6-13(12)9-17(22)23/h7,13H,3-6,8-10,21H2,1-2H3,(H,22,23).